The maximum atomic E-state index is 10.7. The van der Waals surface area contributed by atoms with E-state index in [0.29, 0.717) is 6.54 Å². The summed E-state index contributed by atoms with van der Waals surface area (Å²) in [4.78, 5) is 22.6. The molecule has 1 atom stereocenters. The highest BCUT2D eigenvalue weighted by Gasteiger charge is 2.10. The summed E-state index contributed by atoms with van der Waals surface area (Å²) in [6.45, 7) is 12.8. The van der Waals surface area contributed by atoms with Gasteiger partial charge in [0.05, 0.1) is 7.11 Å². The van der Waals surface area contributed by atoms with Crippen molar-refractivity contribution in [3.8, 4) is 0 Å². The van der Waals surface area contributed by atoms with Gasteiger partial charge >= 0.3 is 11.9 Å². The van der Waals surface area contributed by atoms with E-state index in [1.54, 1.807) is 0 Å². The van der Waals surface area contributed by atoms with Gasteiger partial charge in [0.15, 0.2) is 0 Å². The predicted molar refractivity (Wildman–Crippen MR) is 77.2 cm³/mol. The zero-order chi connectivity index (χ0) is 16.0. The highest BCUT2D eigenvalue weighted by atomic mass is 16.5. The van der Waals surface area contributed by atoms with Crippen LogP contribution in [0.5, 0.6) is 0 Å². The van der Waals surface area contributed by atoms with E-state index in [4.69, 9.17) is 4.74 Å². The number of esters is 2. The van der Waals surface area contributed by atoms with Crippen LogP contribution in [0.25, 0.3) is 0 Å². The van der Waals surface area contributed by atoms with E-state index >= 15 is 0 Å². The van der Waals surface area contributed by atoms with E-state index in [0.717, 1.165) is 25.2 Å². The van der Waals surface area contributed by atoms with Gasteiger partial charge in [-0.15, -0.1) is 0 Å². The van der Waals surface area contributed by atoms with Gasteiger partial charge < -0.3 is 19.5 Å². The first kappa shape index (κ1) is 20.7. The molecule has 0 aliphatic rings. The number of hydrogen-bond acceptors (Lipinski definition) is 6. The SMILES string of the molecule is C=CC(=O)OC.C=CC(=O)OCC(O)CN(CC)CC. The first-order valence-corrected chi connectivity index (χ1v) is 6.34. The Hall–Kier alpha value is -1.66. The molecule has 0 radical (unpaired) electrons. The Balaban J connectivity index is 0. The number of nitrogens with zero attached hydrogens (tertiary/aromatic N) is 1. The van der Waals surface area contributed by atoms with Crippen LogP contribution in [0.3, 0.4) is 0 Å². The standard InChI is InChI=1S/C10H19NO3.C4H6O2/c1-4-10(13)14-8-9(12)7-11(5-2)6-3;1-3-4(5)6-2/h4,9,12H,1,5-8H2,2-3H3;3H,1H2,2H3. The van der Waals surface area contributed by atoms with Crippen LogP contribution >= 0.6 is 0 Å². The monoisotopic (exact) mass is 287 g/mol. The largest absolute Gasteiger partial charge is 0.466 e. The highest BCUT2D eigenvalue weighted by Crippen LogP contribution is 1.93. The minimum atomic E-state index is -0.626. The van der Waals surface area contributed by atoms with Crippen molar-refractivity contribution in [2.75, 3.05) is 33.4 Å². The second-order valence-electron chi connectivity index (χ2n) is 3.70. The van der Waals surface area contributed by atoms with Gasteiger partial charge in [0, 0.05) is 18.7 Å². The molecule has 0 aromatic carbocycles. The molecular formula is C14H25NO5. The molecule has 0 heterocycles. The van der Waals surface area contributed by atoms with E-state index in [9.17, 15) is 14.7 Å². The molecule has 0 bridgehead atoms. The fourth-order valence-electron chi connectivity index (χ4n) is 1.15. The number of carbonyl (C=O) groups is 2. The van der Waals surface area contributed by atoms with Crippen LogP contribution in [0, 0.1) is 0 Å². The lowest BCUT2D eigenvalue weighted by molar-refractivity contribution is -0.141. The zero-order valence-corrected chi connectivity index (χ0v) is 12.5. The number of hydrogen-bond donors (Lipinski definition) is 1. The van der Waals surface area contributed by atoms with Gasteiger partial charge in [-0.3, -0.25) is 0 Å². The minimum Gasteiger partial charge on any atom is -0.466 e. The van der Waals surface area contributed by atoms with Crippen molar-refractivity contribution in [3.63, 3.8) is 0 Å². The maximum Gasteiger partial charge on any atom is 0.330 e. The summed E-state index contributed by atoms with van der Waals surface area (Å²) in [6, 6.07) is 0. The summed E-state index contributed by atoms with van der Waals surface area (Å²) in [5.74, 6) is -0.890. The third-order valence-electron chi connectivity index (χ3n) is 2.32. The van der Waals surface area contributed by atoms with Crippen molar-refractivity contribution in [1.29, 1.82) is 0 Å². The van der Waals surface area contributed by atoms with Crippen molar-refractivity contribution >= 4 is 11.9 Å². The van der Waals surface area contributed by atoms with Crippen LogP contribution in [-0.4, -0.2) is 61.4 Å². The van der Waals surface area contributed by atoms with Gasteiger partial charge in [0.1, 0.15) is 12.7 Å². The Morgan fingerprint density at radius 1 is 1.20 bits per heavy atom. The topological polar surface area (TPSA) is 76.1 Å². The summed E-state index contributed by atoms with van der Waals surface area (Å²) < 4.78 is 8.85. The lowest BCUT2D eigenvalue weighted by Gasteiger charge is -2.21. The zero-order valence-electron chi connectivity index (χ0n) is 12.5. The Bertz CT molecular complexity index is 300. The molecule has 0 aromatic rings. The van der Waals surface area contributed by atoms with Crippen LogP contribution < -0.4 is 0 Å². The average molecular weight is 287 g/mol. The van der Waals surface area contributed by atoms with Gasteiger partial charge in [-0.05, 0) is 13.1 Å². The van der Waals surface area contributed by atoms with Crippen LogP contribution in [0.15, 0.2) is 25.3 Å². The molecule has 0 rings (SSSR count). The number of aliphatic hydroxyl groups is 1. The van der Waals surface area contributed by atoms with E-state index in [2.05, 4.69) is 22.8 Å². The minimum absolute atomic E-state index is 0.0291. The Labute approximate surface area is 120 Å². The summed E-state index contributed by atoms with van der Waals surface area (Å²) in [5, 5.41) is 9.47. The molecule has 1 unspecified atom stereocenters. The Morgan fingerprint density at radius 2 is 1.70 bits per heavy atom. The molecule has 0 aliphatic carbocycles. The second kappa shape index (κ2) is 13.8. The Morgan fingerprint density at radius 3 is 2.00 bits per heavy atom. The van der Waals surface area contributed by atoms with Crippen molar-refractivity contribution in [1.82, 2.24) is 4.90 Å². The van der Waals surface area contributed by atoms with Gasteiger partial charge in [-0.25, -0.2) is 9.59 Å². The van der Waals surface area contributed by atoms with E-state index in [1.807, 2.05) is 13.8 Å². The molecule has 0 amide bonds. The summed E-state index contributed by atoms with van der Waals surface area (Å²) in [7, 11) is 1.31. The fraction of sp³-hybridized carbons (Fsp3) is 0.571. The van der Waals surface area contributed by atoms with Crippen molar-refractivity contribution in [3.05, 3.63) is 25.3 Å². The normalized spacial score (nSPS) is 10.8. The van der Waals surface area contributed by atoms with Crippen LogP contribution in [0.4, 0.5) is 0 Å². The molecule has 116 valence electrons. The van der Waals surface area contributed by atoms with Gasteiger partial charge in [0.2, 0.25) is 0 Å². The summed E-state index contributed by atoms with van der Waals surface area (Å²) in [6.07, 6.45) is 1.57. The second-order valence-corrected chi connectivity index (χ2v) is 3.70. The van der Waals surface area contributed by atoms with Crippen molar-refractivity contribution < 1.29 is 24.2 Å². The number of rotatable bonds is 8. The molecule has 1 N–H and O–H groups in total. The van der Waals surface area contributed by atoms with E-state index in [-0.39, 0.29) is 6.61 Å². The average Bonchev–Trinajstić information content (AvgIpc) is 2.49. The molecule has 0 saturated carbocycles. The van der Waals surface area contributed by atoms with Crippen LogP contribution in [0.1, 0.15) is 13.8 Å². The first-order valence-electron chi connectivity index (χ1n) is 6.34. The van der Waals surface area contributed by atoms with Gasteiger partial charge in [-0.2, -0.15) is 0 Å². The maximum absolute atomic E-state index is 10.7. The number of likely N-dealkylation sites (N-methyl/N-ethyl adjacent to an activating group) is 1. The molecule has 6 nitrogen and oxygen atoms in total. The molecular weight excluding hydrogens is 262 g/mol. The van der Waals surface area contributed by atoms with E-state index in [1.165, 1.54) is 7.11 Å². The number of aliphatic hydroxyl groups excluding tert-OH is 1. The fourth-order valence-corrected chi connectivity index (χ4v) is 1.15. The van der Waals surface area contributed by atoms with Crippen LogP contribution in [0.2, 0.25) is 0 Å². The van der Waals surface area contributed by atoms with E-state index < -0.39 is 18.0 Å². The molecule has 0 aliphatic heterocycles. The smallest absolute Gasteiger partial charge is 0.330 e. The summed E-state index contributed by atoms with van der Waals surface area (Å²) in [5.41, 5.74) is 0. The molecule has 0 spiro atoms. The molecule has 0 saturated heterocycles. The Kier molecular flexibility index (Phi) is 14.2. The molecule has 0 fully saturated rings. The molecule has 6 heteroatoms. The van der Waals surface area contributed by atoms with Gasteiger partial charge in [0.25, 0.3) is 0 Å². The number of carbonyl (C=O) groups excluding carboxylic acids is 2. The van der Waals surface area contributed by atoms with Gasteiger partial charge in [-0.1, -0.05) is 27.0 Å². The first-order chi connectivity index (χ1) is 9.44. The lowest BCUT2D eigenvalue weighted by Crippen LogP contribution is -2.35. The lowest BCUT2D eigenvalue weighted by atomic mass is 10.3. The third kappa shape index (κ3) is 12.8. The predicted octanol–water partition coefficient (Wildman–Crippen LogP) is 0.764. The van der Waals surface area contributed by atoms with Crippen LogP contribution in [-0.2, 0) is 19.1 Å². The van der Waals surface area contributed by atoms with Crippen molar-refractivity contribution in [2.24, 2.45) is 0 Å². The highest BCUT2D eigenvalue weighted by molar-refractivity contribution is 5.81. The summed E-state index contributed by atoms with van der Waals surface area (Å²) >= 11 is 0. The quantitative estimate of drug-likeness (QED) is 0.525. The molecule has 0 aromatic heterocycles. The number of ether oxygens (including phenoxy) is 2. The third-order valence-corrected chi connectivity index (χ3v) is 2.32. The van der Waals surface area contributed by atoms with Crippen molar-refractivity contribution in [2.45, 2.75) is 20.0 Å². The number of methoxy groups -OCH3 is 1. The molecule has 20 heavy (non-hydrogen) atoms.